The molecule has 168 valence electrons. The van der Waals surface area contributed by atoms with E-state index >= 15 is 0 Å². The van der Waals surface area contributed by atoms with Crippen molar-refractivity contribution in [3.05, 3.63) is 34.9 Å². The van der Waals surface area contributed by atoms with E-state index in [9.17, 15) is 31.1 Å². The lowest BCUT2D eigenvalue weighted by Crippen LogP contribution is -2.41. The van der Waals surface area contributed by atoms with Gasteiger partial charge >= 0.3 is 25.4 Å². The summed E-state index contributed by atoms with van der Waals surface area (Å²) in [7, 11) is -1.39. The predicted molar refractivity (Wildman–Crippen MR) is 96.5 cm³/mol. The zero-order valence-corrected chi connectivity index (χ0v) is 17.2. The van der Waals surface area contributed by atoms with Gasteiger partial charge in [-0.1, -0.05) is 0 Å². The number of hydrogen-bond donors (Lipinski definition) is 0. The molecule has 1 aromatic rings. The molecule has 1 aliphatic rings. The molecule has 0 spiro atoms. The lowest BCUT2D eigenvalue weighted by atomic mass is 9.64. The molecule has 0 amide bonds. The van der Waals surface area contributed by atoms with Crippen molar-refractivity contribution >= 4 is 13.1 Å². The van der Waals surface area contributed by atoms with Gasteiger partial charge in [-0.3, -0.25) is 4.79 Å². The molecule has 0 N–H and O–H groups in total. The average Bonchev–Trinajstić information content (AvgIpc) is 2.78. The van der Waals surface area contributed by atoms with E-state index in [2.05, 4.69) is 0 Å². The van der Waals surface area contributed by atoms with E-state index in [0.717, 1.165) is 0 Å². The third kappa shape index (κ3) is 5.11. The van der Waals surface area contributed by atoms with Gasteiger partial charge in [-0.25, -0.2) is 0 Å². The first-order valence-electron chi connectivity index (χ1n) is 9.29. The minimum Gasteiger partial charge on any atom is -0.466 e. The van der Waals surface area contributed by atoms with Crippen LogP contribution in [0.3, 0.4) is 0 Å². The van der Waals surface area contributed by atoms with E-state index in [1.807, 2.05) is 0 Å². The van der Waals surface area contributed by atoms with Crippen LogP contribution in [-0.4, -0.2) is 30.9 Å². The fourth-order valence-electron chi connectivity index (χ4n) is 3.11. The lowest BCUT2D eigenvalue weighted by Gasteiger charge is -2.32. The van der Waals surface area contributed by atoms with Crippen LogP contribution in [0.5, 0.6) is 0 Å². The van der Waals surface area contributed by atoms with Gasteiger partial charge in [0.1, 0.15) is 0 Å². The van der Waals surface area contributed by atoms with Crippen LogP contribution in [0.4, 0.5) is 26.3 Å². The molecule has 0 aromatic heterocycles. The fourth-order valence-corrected chi connectivity index (χ4v) is 3.11. The first kappa shape index (κ1) is 24.5. The van der Waals surface area contributed by atoms with Gasteiger partial charge in [-0.15, -0.1) is 0 Å². The minimum absolute atomic E-state index is 0.0381. The number of carbonyl (C=O) groups excluding carboxylic acids is 1. The molecule has 30 heavy (non-hydrogen) atoms. The summed E-state index contributed by atoms with van der Waals surface area (Å²) >= 11 is 0. The minimum atomic E-state index is -4.95. The number of rotatable bonds is 5. The number of ether oxygens (including phenoxy) is 1. The smallest absolute Gasteiger partial charge is 0.466 e. The van der Waals surface area contributed by atoms with Crippen LogP contribution in [0.1, 0.15) is 63.5 Å². The van der Waals surface area contributed by atoms with Gasteiger partial charge in [0.2, 0.25) is 0 Å². The average molecular weight is 440 g/mol. The Hall–Kier alpha value is -1.75. The maximum atomic E-state index is 13.6. The lowest BCUT2D eigenvalue weighted by molar-refractivity contribution is -0.144. The highest BCUT2D eigenvalue weighted by Crippen LogP contribution is 2.45. The monoisotopic (exact) mass is 440 g/mol. The van der Waals surface area contributed by atoms with E-state index in [0.29, 0.717) is 18.2 Å². The summed E-state index contributed by atoms with van der Waals surface area (Å²) in [6.45, 7) is 8.05. The molecule has 0 radical (unpaired) electrons. The van der Waals surface area contributed by atoms with Gasteiger partial charge in [0, 0.05) is 5.82 Å². The molecule has 11 heteroatoms. The first-order valence-corrected chi connectivity index (χ1v) is 9.29. The van der Waals surface area contributed by atoms with Crippen LogP contribution in [0, 0.1) is 0 Å². The SMILES string of the molecule is CCOC(=O)CC(B1OC(C)(C)C(C)(C)O1)c1cc(C(F)(F)F)ccc1C(F)(F)F. The van der Waals surface area contributed by atoms with Crippen LogP contribution < -0.4 is 0 Å². The van der Waals surface area contributed by atoms with Crippen LogP contribution in [0.25, 0.3) is 0 Å². The number of benzene rings is 1. The zero-order valence-electron chi connectivity index (χ0n) is 17.2. The Bertz CT molecular complexity index is 772. The highest BCUT2D eigenvalue weighted by Gasteiger charge is 2.55. The maximum Gasteiger partial charge on any atom is 0.466 e. The van der Waals surface area contributed by atoms with Crippen molar-refractivity contribution in [2.75, 3.05) is 6.61 Å². The molecule has 1 atom stereocenters. The van der Waals surface area contributed by atoms with E-state index in [-0.39, 0.29) is 6.61 Å². The molecule has 4 nitrogen and oxygen atoms in total. The third-order valence-corrected chi connectivity index (χ3v) is 5.38. The summed E-state index contributed by atoms with van der Waals surface area (Å²) in [5.74, 6) is -2.34. The number of hydrogen-bond acceptors (Lipinski definition) is 4. The first-order chi connectivity index (χ1) is 13.5. The second kappa shape index (κ2) is 8.07. The summed E-state index contributed by atoms with van der Waals surface area (Å²) in [6.07, 6.45) is -10.5. The maximum absolute atomic E-state index is 13.6. The van der Waals surface area contributed by atoms with Crippen molar-refractivity contribution < 1.29 is 45.2 Å². The second-order valence-electron chi connectivity index (χ2n) is 8.04. The molecule has 1 saturated heterocycles. The fraction of sp³-hybridized carbons (Fsp3) is 0.632. The Morgan fingerprint density at radius 1 is 1.03 bits per heavy atom. The predicted octanol–water partition coefficient (Wildman–Crippen LogP) is 5.39. The van der Waals surface area contributed by atoms with Gasteiger partial charge in [-0.05, 0) is 58.4 Å². The van der Waals surface area contributed by atoms with E-state index in [1.54, 1.807) is 27.7 Å². The number of esters is 1. The molecule has 1 aliphatic heterocycles. The molecule has 1 heterocycles. The van der Waals surface area contributed by atoms with Crippen LogP contribution in [-0.2, 0) is 31.2 Å². The molecule has 0 aliphatic carbocycles. The molecule has 1 unspecified atom stereocenters. The largest absolute Gasteiger partial charge is 0.466 e. The summed E-state index contributed by atoms with van der Waals surface area (Å²) in [6, 6.07) is 1.12. The Balaban J connectivity index is 2.64. The molecule has 0 bridgehead atoms. The molecule has 1 aromatic carbocycles. The van der Waals surface area contributed by atoms with Gasteiger partial charge in [0.05, 0.1) is 35.4 Å². The van der Waals surface area contributed by atoms with Crippen molar-refractivity contribution in [3.63, 3.8) is 0 Å². The van der Waals surface area contributed by atoms with Gasteiger partial charge < -0.3 is 14.0 Å². The van der Waals surface area contributed by atoms with E-state index in [4.69, 9.17) is 14.0 Å². The van der Waals surface area contributed by atoms with Gasteiger partial charge in [-0.2, -0.15) is 26.3 Å². The number of halogens is 6. The number of carbonyl (C=O) groups is 1. The molecule has 1 fully saturated rings. The normalized spacial score (nSPS) is 19.6. The number of alkyl halides is 6. The van der Waals surface area contributed by atoms with Crippen molar-refractivity contribution in [2.45, 2.75) is 70.4 Å². The van der Waals surface area contributed by atoms with Crippen molar-refractivity contribution in [3.8, 4) is 0 Å². The molecule has 0 saturated carbocycles. The van der Waals surface area contributed by atoms with Crippen molar-refractivity contribution in [2.24, 2.45) is 0 Å². The summed E-state index contributed by atoms with van der Waals surface area (Å²) in [5.41, 5.74) is -5.23. The Morgan fingerprint density at radius 3 is 2.00 bits per heavy atom. The summed E-state index contributed by atoms with van der Waals surface area (Å²) < 4.78 is 97.0. The Morgan fingerprint density at radius 2 is 1.57 bits per heavy atom. The van der Waals surface area contributed by atoms with Crippen LogP contribution >= 0.6 is 0 Å². The molecular weight excluding hydrogens is 417 g/mol. The Kier molecular flexibility index (Phi) is 6.60. The quantitative estimate of drug-likeness (QED) is 0.350. The standard InChI is InChI=1S/C19H23BF6O4/c1-6-28-15(27)10-14(20-29-16(2,3)17(4,5)30-20)12-9-11(18(21,22)23)7-8-13(12)19(24,25)26/h7-9,14H,6,10H2,1-5H3. The second-order valence-corrected chi connectivity index (χ2v) is 8.04. The molecule has 2 rings (SSSR count). The highest BCUT2D eigenvalue weighted by atomic mass is 19.4. The van der Waals surface area contributed by atoms with Crippen LogP contribution in [0.2, 0.25) is 0 Å². The Labute approximate surface area is 171 Å². The summed E-state index contributed by atoms with van der Waals surface area (Å²) in [5, 5.41) is 0. The third-order valence-electron chi connectivity index (χ3n) is 5.38. The topological polar surface area (TPSA) is 44.8 Å². The van der Waals surface area contributed by atoms with Crippen molar-refractivity contribution in [1.82, 2.24) is 0 Å². The molecular formula is C19H23BF6O4. The summed E-state index contributed by atoms with van der Waals surface area (Å²) in [4.78, 5) is 12.1. The zero-order chi connectivity index (χ0) is 23.1. The van der Waals surface area contributed by atoms with E-state index in [1.165, 1.54) is 6.92 Å². The van der Waals surface area contributed by atoms with Gasteiger partial charge in [0.15, 0.2) is 0 Å². The van der Waals surface area contributed by atoms with Crippen molar-refractivity contribution in [1.29, 1.82) is 0 Å². The highest BCUT2D eigenvalue weighted by molar-refractivity contribution is 6.48. The van der Waals surface area contributed by atoms with E-state index < -0.39 is 65.6 Å². The van der Waals surface area contributed by atoms with Crippen LogP contribution in [0.15, 0.2) is 18.2 Å². The van der Waals surface area contributed by atoms with Gasteiger partial charge in [0.25, 0.3) is 0 Å².